The Morgan fingerprint density at radius 1 is 0.514 bits per heavy atom. The molecule has 0 N–H and O–H groups in total. The van der Waals surface area contributed by atoms with Gasteiger partial charge in [-0.05, 0) is 114 Å². The van der Waals surface area contributed by atoms with Crippen LogP contribution in [0, 0.1) is 18.5 Å². The molecule has 0 saturated carbocycles. The quantitative estimate of drug-likeness (QED) is 0.107. The zero-order valence-corrected chi connectivity index (χ0v) is 43.4. The molecule has 0 spiro atoms. The number of fused-ring (bicyclic) bond motifs is 4. The van der Waals surface area contributed by atoms with Crippen LogP contribution in [0.25, 0.3) is 94.5 Å². The fourth-order valence-electron chi connectivity index (χ4n) is 9.29. The van der Waals surface area contributed by atoms with Crippen LogP contribution in [0.4, 0.5) is 0 Å². The number of ether oxygens (including phenoxy) is 1. The van der Waals surface area contributed by atoms with Crippen molar-refractivity contribution < 1.29 is 50.9 Å². The average Bonchev–Trinajstić information content (AvgIpc) is 1.71. The molecule has 0 aliphatic heterocycles. The second-order valence-electron chi connectivity index (χ2n) is 19.8. The molecule has 5 nitrogen and oxygen atoms in total. The van der Waals surface area contributed by atoms with Gasteiger partial charge in [-0.3, -0.25) is 4.57 Å². The third-order valence-electron chi connectivity index (χ3n) is 13.0. The summed E-state index contributed by atoms with van der Waals surface area (Å²) in [7, 11) is 0. The second-order valence-corrected chi connectivity index (χ2v) is 19.8. The molecule has 0 radical (unpaired) electrons. The van der Waals surface area contributed by atoms with E-state index in [1.807, 2.05) is 81.4 Å². The predicted octanol–water partition coefficient (Wildman–Crippen LogP) is 16.9. The number of nitrogens with zero attached hydrogens (tertiary/aromatic N) is 4. The summed E-state index contributed by atoms with van der Waals surface area (Å²) >= 11 is 0. The van der Waals surface area contributed by atoms with Gasteiger partial charge in [0.15, 0.2) is 0 Å². The van der Waals surface area contributed by atoms with Gasteiger partial charge in [0.2, 0.25) is 0 Å². The van der Waals surface area contributed by atoms with Crippen LogP contribution in [0.15, 0.2) is 218 Å². The van der Waals surface area contributed by atoms with E-state index >= 15 is 0 Å². The number of hydrogen-bond acceptors (Lipinski definition) is 2. The summed E-state index contributed by atoms with van der Waals surface area (Å²) in [6.45, 7) is 12.5. The van der Waals surface area contributed by atoms with Crippen molar-refractivity contribution >= 4 is 32.8 Å². The van der Waals surface area contributed by atoms with E-state index in [0.29, 0.717) is 39.4 Å². The van der Waals surface area contributed by atoms with Gasteiger partial charge in [-0.25, -0.2) is 4.98 Å². The molecule has 0 aliphatic carbocycles. The minimum atomic E-state index is -0.656. The largest absolute Gasteiger partial charge is 0.510 e. The number of hydrogen-bond donors (Lipinski definition) is 0. The number of benzene rings is 9. The number of aromatic nitrogens is 4. The Labute approximate surface area is 469 Å². The number of pyridine rings is 1. The zero-order chi connectivity index (χ0) is 62.9. The van der Waals surface area contributed by atoms with Gasteiger partial charge in [-0.1, -0.05) is 192 Å². The fourth-order valence-corrected chi connectivity index (χ4v) is 9.29. The Balaban J connectivity index is 0.00000817. The summed E-state index contributed by atoms with van der Waals surface area (Å²) in [6, 6.07) is 35.1. The van der Waals surface area contributed by atoms with Crippen molar-refractivity contribution in [2.45, 2.75) is 52.4 Å². The van der Waals surface area contributed by atoms with Crippen LogP contribution >= 0.6 is 0 Å². The van der Waals surface area contributed by atoms with Gasteiger partial charge < -0.3 is 13.9 Å². The second kappa shape index (κ2) is 19.4. The van der Waals surface area contributed by atoms with E-state index < -0.39 is 96.1 Å². The molecule has 0 fully saturated rings. The topological polar surface area (TPSA) is 35.9 Å². The molecule has 74 heavy (non-hydrogen) atoms. The van der Waals surface area contributed by atoms with E-state index in [2.05, 4.69) is 55.9 Å². The molecule has 0 unspecified atom stereocenters. The molecule has 0 bridgehead atoms. The minimum absolute atomic E-state index is 0. The van der Waals surface area contributed by atoms with Crippen LogP contribution in [0.5, 0.6) is 11.5 Å². The molecular weight excluding hydrogens is 1080 g/mol. The van der Waals surface area contributed by atoms with Crippen molar-refractivity contribution in [2.24, 2.45) is 0 Å². The van der Waals surface area contributed by atoms with E-state index in [0.717, 1.165) is 32.9 Å². The fraction of sp³-hybridized carbons (Fsp3) is 0.118. The zero-order valence-electron chi connectivity index (χ0n) is 56.1. The van der Waals surface area contributed by atoms with Crippen LogP contribution in [0.2, 0.25) is 0 Å². The molecular formula is C68H54N4OPt-2. The molecule has 12 rings (SSSR count). The molecule has 6 heteroatoms. The average molecular weight is 1150 g/mol. The molecule has 3 heterocycles. The normalized spacial score (nSPS) is 14.6. The third-order valence-corrected chi connectivity index (χ3v) is 13.0. The van der Waals surface area contributed by atoms with Gasteiger partial charge in [0.1, 0.15) is 5.82 Å². The van der Waals surface area contributed by atoms with Gasteiger partial charge in [0.05, 0.1) is 37.3 Å². The van der Waals surface area contributed by atoms with E-state index in [-0.39, 0.29) is 71.3 Å². The van der Waals surface area contributed by atoms with Crippen LogP contribution in [-0.4, -0.2) is 14.1 Å². The Morgan fingerprint density at radius 3 is 1.86 bits per heavy atom. The maximum absolute atomic E-state index is 9.51. The third kappa shape index (κ3) is 9.07. The van der Waals surface area contributed by atoms with E-state index in [1.54, 1.807) is 57.8 Å². The van der Waals surface area contributed by atoms with E-state index in [9.17, 15) is 5.48 Å². The van der Waals surface area contributed by atoms with Crippen LogP contribution in [-0.2, 0) is 31.9 Å². The van der Waals surface area contributed by atoms with Crippen molar-refractivity contribution in [3.8, 4) is 73.2 Å². The van der Waals surface area contributed by atoms with Gasteiger partial charge in [0, 0.05) is 44.3 Å². The van der Waals surface area contributed by atoms with Gasteiger partial charge in [-0.15, -0.1) is 29.7 Å². The van der Waals surface area contributed by atoms with Crippen molar-refractivity contribution in [2.75, 3.05) is 0 Å². The molecule has 0 atom stereocenters. The van der Waals surface area contributed by atoms with Gasteiger partial charge in [0.25, 0.3) is 6.33 Å². The summed E-state index contributed by atoms with van der Waals surface area (Å²) < 4.78 is 146. The molecule has 0 amide bonds. The molecule has 12 aromatic rings. The monoisotopic (exact) mass is 1150 g/mol. The van der Waals surface area contributed by atoms with Crippen LogP contribution in [0.1, 0.15) is 73.2 Å². The van der Waals surface area contributed by atoms with E-state index in [4.69, 9.17) is 24.8 Å². The first-order valence-electron chi connectivity index (χ1n) is 31.3. The Kier molecular flexibility index (Phi) is 8.80. The van der Waals surface area contributed by atoms with Crippen molar-refractivity contribution in [3.05, 3.63) is 248 Å². The summed E-state index contributed by atoms with van der Waals surface area (Å²) in [5, 5.41) is 1.91. The summed E-state index contributed by atoms with van der Waals surface area (Å²) in [4.78, 5) is 4.83. The Bertz CT molecular complexity index is 4860. The van der Waals surface area contributed by atoms with Gasteiger partial charge >= 0.3 is 0 Å². The predicted molar refractivity (Wildman–Crippen MR) is 299 cm³/mol. The minimum Gasteiger partial charge on any atom is -0.510 e. The van der Waals surface area contributed by atoms with Crippen LogP contribution < -0.4 is 9.30 Å². The molecule has 0 saturated heterocycles. The first kappa shape index (κ1) is 33.6. The first-order valence-corrected chi connectivity index (χ1v) is 23.8. The van der Waals surface area contributed by atoms with Crippen molar-refractivity contribution in [1.82, 2.24) is 14.1 Å². The molecule has 9 aromatic carbocycles. The summed E-state index contributed by atoms with van der Waals surface area (Å²) in [5.74, 6) is 1.30. The van der Waals surface area contributed by atoms with Crippen molar-refractivity contribution in [3.63, 3.8) is 0 Å². The SMILES string of the molecule is [2H]c1c([2H])c([2H])c(-c2cc(-c3cccc(C(C)(C)C)c3)c(-[n+]3[c-]n(-c4[c-]c(Oc5[c-]c6c(cc5)c5ccccc5n6-c5cc(C(C)(C)C)ccn5)ccc4)c4cc(-c5c([2H])c([2H])c([2H])c([2H])c5[2H])ccc43)c(-c3c([2H])c([2H])c([2H])c([2H])c3[2H])c2)c([2H])c1[2H].[Pt]. The van der Waals surface area contributed by atoms with E-state index in [1.165, 1.54) is 6.07 Å². The molecule has 3 aromatic heterocycles. The maximum atomic E-state index is 9.51. The number of rotatable bonds is 9. The standard InChI is InChI=1S/C68H54N4O.Pt/c1-67(2,3)52-27-18-26-50(38-52)60-40-51(47-22-12-8-13-23-47)39-59(48-24-14-9-15-25-48)66(60)71-45-70(64-41-49(32-35-62(64)71)46-20-10-7-11-21-46)54-28-19-29-55(43-54)73-56-33-34-58-57-30-16-17-31-61(57)72(63(58)44-56)65-42-53(36-37-69-65)68(4,5)6;/h7-42H,1-6H3;/q-2;/i7D,8D,9D,10D,11D,12D,13D,14D,15D,20D,21D,22D,23D,24D,25D;. The molecule has 0 aliphatic rings. The maximum Gasteiger partial charge on any atom is 0.268 e. The first-order chi connectivity index (χ1) is 41.7. The number of para-hydroxylation sites is 1. The van der Waals surface area contributed by atoms with Crippen molar-refractivity contribution in [1.29, 1.82) is 0 Å². The Hall–Kier alpha value is -8.11. The number of imidazole rings is 1. The van der Waals surface area contributed by atoms with Gasteiger partial charge in [-0.2, -0.15) is 18.2 Å². The molecule has 364 valence electrons. The van der Waals surface area contributed by atoms with Crippen LogP contribution in [0.3, 0.4) is 0 Å². The summed E-state index contributed by atoms with van der Waals surface area (Å²) in [6.07, 6.45) is 5.31. The smallest absolute Gasteiger partial charge is 0.268 e. The Morgan fingerprint density at radius 2 is 1.15 bits per heavy atom. The summed E-state index contributed by atoms with van der Waals surface area (Å²) in [5.41, 5.74) is 4.85.